The molecule has 1 N–H and O–H groups in total. The lowest BCUT2D eigenvalue weighted by Gasteiger charge is -2.45. The van der Waals surface area contributed by atoms with Gasteiger partial charge < -0.3 is 20.0 Å². The molecule has 1 aromatic carbocycles. The summed E-state index contributed by atoms with van der Waals surface area (Å²) in [4.78, 5) is 45.9. The number of rotatable bonds is 1. The number of benzene rings is 1. The Hall–Kier alpha value is -3.16. The molecule has 0 saturated carbocycles. The Balaban J connectivity index is 1.48. The summed E-state index contributed by atoms with van der Waals surface area (Å²) in [5.41, 5.74) is 1.52. The summed E-state index contributed by atoms with van der Waals surface area (Å²) in [6.45, 7) is 1.08. The number of hydrogen-bond donors (Lipinski definition) is 1. The van der Waals surface area contributed by atoms with Gasteiger partial charge in [-0.15, -0.1) is 0 Å². The van der Waals surface area contributed by atoms with Gasteiger partial charge in [0.15, 0.2) is 0 Å². The number of nitrogens with one attached hydrogen (secondary N) is 1. The zero-order valence-electron chi connectivity index (χ0n) is 14.4. The lowest BCUT2D eigenvalue weighted by atomic mass is 10.1. The van der Waals surface area contributed by atoms with E-state index in [1.165, 1.54) is 4.90 Å². The smallest absolute Gasteiger partial charge is 0.321 e. The number of fused-ring (bicyclic) bond motifs is 2. The first-order valence-electron chi connectivity index (χ1n) is 8.48. The first kappa shape index (κ1) is 16.3. The molecule has 1 atom stereocenters. The van der Waals surface area contributed by atoms with E-state index in [1.807, 2.05) is 24.3 Å². The average molecular weight is 353 g/mol. The third kappa shape index (κ3) is 2.83. The van der Waals surface area contributed by atoms with Crippen LogP contribution in [0.3, 0.4) is 0 Å². The van der Waals surface area contributed by atoms with Gasteiger partial charge in [-0.25, -0.2) is 4.79 Å². The normalized spacial score (nSPS) is 20.3. The van der Waals surface area contributed by atoms with Crippen molar-refractivity contribution in [2.24, 2.45) is 0 Å². The molecule has 1 aromatic heterocycles. The SMILES string of the molecule is CN1CC(=O)N2CCN(C(=O)Nc3ccc4ncccc4c3)C[C@@H]2C1=O. The minimum atomic E-state index is -0.596. The zero-order valence-corrected chi connectivity index (χ0v) is 14.4. The van der Waals surface area contributed by atoms with E-state index in [9.17, 15) is 14.4 Å². The van der Waals surface area contributed by atoms with E-state index in [1.54, 1.807) is 29.1 Å². The topological polar surface area (TPSA) is 85.8 Å². The minimum Gasteiger partial charge on any atom is -0.335 e. The van der Waals surface area contributed by atoms with Crippen molar-refractivity contribution in [1.29, 1.82) is 0 Å². The molecule has 3 heterocycles. The highest BCUT2D eigenvalue weighted by Gasteiger charge is 2.42. The van der Waals surface area contributed by atoms with Crippen molar-refractivity contribution in [3.63, 3.8) is 0 Å². The van der Waals surface area contributed by atoms with E-state index in [-0.39, 0.29) is 30.9 Å². The Morgan fingerprint density at radius 1 is 1.23 bits per heavy atom. The van der Waals surface area contributed by atoms with Gasteiger partial charge in [0.05, 0.1) is 18.6 Å². The van der Waals surface area contributed by atoms with Crippen LogP contribution in [0.4, 0.5) is 10.5 Å². The Morgan fingerprint density at radius 3 is 2.92 bits per heavy atom. The molecule has 2 fully saturated rings. The van der Waals surface area contributed by atoms with Gasteiger partial charge >= 0.3 is 6.03 Å². The number of nitrogens with zero attached hydrogens (tertiary/aromatic N) is 4. The quantitative estimate of drug-likeness (QED) is 0.820. The molecule has 26 heavy (non-hydrogen) atoms. The molecule has 0 unspecified atom stereocenters. The second kappa shape index (κ2) is 6.29. The standard InChI is InChI=1S/C18H19N5O3/c1-21-11-16(24)23-8-7-22(10-15(23)17(21)25)18(26)20-13-4-5-14-12(9-13)3-2-6-19-14/h2-6,9,15H,7-8,10-11H2,1H3,(H,20,26)/t15-/m1/s1. The number of anilines is 1. The van der Waals surface area contributed by atoms with Crippen molar-refractivity contribution in [1.82, 2.24) is 19.7 Å². The number of piperazine rings is 2. The molecule has 134 valence electrons. The number of pyridine rings is 1. The molecule has 8 heteroatoms. The fourth-order valence-corrected chi connectivity index (χ4v) is 3.46. The van der Waals surface area contributed by atoms with Crippen molar-refractivity contribution in [3.05, 3.63) is 36.5 Å². The van der Waals surface area contributed by atoms with Gasteiger partial charge in [0.25, 0.3) is 0 Å². The number of urea groups is 1. The number of aromatic nitrogens is 1. The van der Waals surface area contributed by atoms with Crippen molar-refractivity contribution >= 4 is 34.4 Å². The largest absolute Gasteiger partial charge is 0.335 e. The first-order valence-corrected chi connectivity index (χ1v) is 8.48. The van der Waals surface area contributed by atoms with Gasteiger partial charge in [0.1, 0.15) is 6.04 Å². The molecule has 2 aliphatic heterocycles. The van der Waals surface area contributed by atoms with E-state index in [2.05, 4.69) is 10.3 Å². The van der Waals surface area contributed by atoms with Crippen LogP contribution in [0.2, 0.25) is 0 Å². The van der Waals surface area contributed by atoms with Crippen LogP contribution in [0.1, 0.15) is 0 Å². The van der Waals surface area contributed by atoms with Crippen LogP contribution in [-0.4, -0.2) is 76.8 Å². The zero-order chi connectivity index (χ0) is 18.3. The fourth-order valence-electron chi connectivity index (χ4n) is 3.46. The molecular formula is C18H19N5O3. The maximum atomic E-state index is 12.6. The Labute approximate surface area is 150 Å². The number of amides is 4. The molecule has 2 saturated heterocycles. The highest BCUT2D eigenvalue weighted by atomic mass is 16.2. The number of carbonyl (C=O) groups excluding carboxylic acids is 3. The van der Waals surface area contributed by atoms with E-state index in [0.29, 0.717) is 18.8 Å². The molecule has 2 aromatic rings. The molecule has 4 amide bonds. The van der Waals surface area contributed by atoms with Crippen molar-refractivity contribution in [2.75, 3.05) is 38.5 Å². The highest BCUT2D eigenvalue weighted by molar-refractivity contribution is 5.97. The summed E-state index contributed by atoms with van der Waals surface area (Å²) in [5.74, 6) is -0.196. The van der Waals surface area contributed by atoms with E-state index >= 15 is 0 Å². The highest BCUT2D eigenvalue weighted by Crippen LogP contribution is 2.20. The summed E-state index contributed by atoms with van der Waals surface area (Å²) >= 11 is 0. The van der Waals surface area contributed by atoms with Gasteiger partial charge in [-0.1, -0.05) is 6.07 Å². The van der Waals surface area contributed by atoms with Crippen LogP contribution in [0.25, 0.3) is 10.9 Å². The molecule has 0 bridgehead atoms. The number of hydrogen-bond acceptors (Lipinski definition) is 4. The van der Waals surface area contributed by atoms with Gasteiger partial charge in [-0.2, -0.15) is 0 Å². The fraction of sp³-hybridized carbons (Fsp3) is 0.333. The summed E-state index contributed by atoms with van der Waals surface area (Å²) in [5, 5.41) is 3.80. The second-order valence-electron chi connectivity index (χ2n) is 6.58. The molecule has 0 spiro atoms. The summed E-state index contributed by atoms with van der Waals surface area (Å²) in [7, 11) is 1.61. The first-order chi connectivity index (χ1) is 12.5. The Kier molecular flexibility index (Phi) is 3.95. The van der Waals surface area contributed by atoms with E-state index < -0.39 is 6.04 Å². The molecular weight excluding hydrogens is 334 g/mol. The lowest BCUT2D eigenvalue weighted by Crippen LogP contribution is -2.67. The minimum absolute atomic E-state index is 0.0702. The van der Waals surface area contributed by atoms with Crippen LogP contribution in [0.5, 0.6) is 0 Å². The van der Waals surface area contributed by atoms with E-state index in [4.69, 9.17) is 0 Å². The van der Waals surface area contributed by atoms with Gasteiger partial charge in [-0.3, -0.25) is 14.6 Å². The van der Waals surface area contributed by atoms with Crippen LogP contribution >= 0.6 is 0 Å². The van der Waals surface area contributed by atoms with Crippen molar-refractivity contribution < 1.29 is 14.4 Å². The van der Waals surface area contributed by atoms with Gasteiger partial charge in [-0.05, 0) is 24.3 Å². The summed E-state index contributed by atoms with van der Waals surface area (Å²) in [6.07, 6.45) is 1.72. The molecule has 0 radical (unpaired) electrons. The number of likely N-dealkylation sites (N-methyl/N-ethyl adjacent to an activating group) is 1. The third-order valence-electron chi connectivity index (χ3n) is 4.88. The average Bonchev–Trinajstić information content (AvgIpc) is 2.65. The van der Waals surface area contributed by atoms with Crippen LogP contribution in [-0.2, 0) is 9.59 Å². The molecule has 8 nitrogen and oxygen atoms in total. The maximum Gasteiger partial charge on any atom is 0.321 e. The Morgan fingerprint density at radius 2 is 2.08 bits per heavy atom. The second-order valence-corrected chi connectivity index (χ2v) is 6.58. The lowest BCUT2D eigenvalue weighted by molar-refractivity contribution is -0.157. The van der Waals surface area contributed by atoms with Gasteiger partial charge in [0, 0.05) is 37.4 Å². The van der Waals surface area contributed by atoms with Gasteiger partial charge in [0.2, 0.25) is 11.8 Å². The molecule has 4 rings (SSSR count). The maximum absolute atomic E-state index is 12.6. The summed E-state index contributed by atoms with van der Waals surface area (Å²) in [6, 6.07) is 8.41. The molecule has 2 aliphatic rings. The third-order valence-corrected chi connectivity index (χ3v) is 4.88. The monoisotopic (exact) mass is 353 g/mol. The summed E-state index contributed by atoms with van der Waals surface area (Å²) < 4.78 is 0. The molecule has 0 aliphatic carbocycles. The predicted molar refractivity (Wildman–Crippen MR) is 95.5 cm³/mol. The Bertz CT molecular complexity index is 899. The van der Waals surface area contributed by atoms with Crippen LogP contribution < -0.4 is 5.32 Å². The van der Waals surface area contributed by atoms with Crippen molar-refractivity contribution in [2.45, 2.75) is 6.04 Å². The van der Waals surface area contributed by atoms with Crippen molar-refractivity contribution in [3.8, 4) is 0 Å². The van der Waals surface area contributed by atoms with Crippen LogP contribution in [0, 0.1) is 0 Å². The predicted octanol–water partition coefficient (Wildman–Crippen LogP) is 0.751. The van der Waals surface area contributed by atoms with E-state index in [0.717, 1.165) is 10.9 Å². The number of carbonyl (C=O) groups is 3. The van der Waals surface area contributed by atoms with Crippen LogP contribution in [0.15, 0.2) is 36.5 Å².